The Labute approximate surface area is 140 Å². The van der Waals surface area contributed by atoms with Gasteiger partial charge in [-0.1, -0.05) is 40.9 Å². The van der Waals surface area contributed by atoms with Crippen molar-refractivity contribution >= 4 is 34.1 Å². The van der Waals surface area contributed by atoms with Crippen LogP contribution in [-0.2, 0) is 6.42 Å². The third kappa shape index (κ3) is 3.00. The molecule has 1 heterocycles. The highest BCUT2D eigenvalue weighted by Gasteiger charge is 2.16. The van der Waals surface area contributed by atoms with Crippen LogP contribution in [0.4, 0.5) is 0 Å². The van der Waals surface area contributed by atoms with E-state index in [1.807, 2.05) is 18.2 Å². The molecule has 3 rings (SSSR count). The summed E-state index contributed by atoms with van der Waals surface area (Å²) < 4.78 is 0. The normalized spacial score (nSPS) is 12.7. The van der Waals surface area contributed by atoms with Gasteiger partial charge in [0.15, 0.2) is 0 Å². The molecule has 0 aliphatic heterocycles. The molecule has 3 N–H and O–H groups in total. The molecule has 1 unspecified atom stereocenters. The quantitative estimate of drug-likeness (QED) is 0.688. The van der Waals surface area contributed by atoms with Gasteiger partial charge in [0, 0.05) is 23.0 Å². The maximum atomic E-state index is 6.11. The Balaban J connectivity index is 1.95. The van der Waals surface area contributed by atoms with Crippen LogP contribution in [-0.4, -0.2) is 11.5 Å². The monoisotopic (exact) mass is 332 g/mol. The van der Waals surface area contributed by atoms with Crippen molar-refractivity contribution in [1.29, 1.82) is 0 Å². The smallest absolute Gasteiger partial charge is 0.0595 e. The predicted octanol–water partition coefficient (Wildman–Crippen LogP) is 5.07. The predicted molar refractivity (Wildman–Crippen MR) is 95.0 cm³/mol. The van der Waals surface area contributed by atoms with Crippen LogP contribution < -0.4 is 5.73 Å². The van der Waals surface area contributed by atoms with E-state index < -0.39 is 0 Å². The van der Waals surface area contributed by atoms with Crippen molar-refractivity contribution in [2.24, 2.45) is 5.73 Å². The molecule has 0 amide bonds. The third-order valence-corrected chi connectivity index (χ3v) is 4.80. The number of aromatic nitrogens is 1. The summed E-state index contributed by atoms with van der Waals surface area (Å²) in [7, 11) is 0. The van der Waals surface area contributed by atoms with Gasteiger partial charge in [-0.25, -0.2) is 0 Å². The molecular weight excluding hydrogens is 315 g/mol. The summed E-state index contributed by atoms with van der Waals surface area (Å²) in [6, 6.07) is 12.2. The second-order valence-electron chi connectivity index (χ2n) is 5.68. The average Bonchev–Trinajstić information content (AvgIpc) is 2.91. The fourth-order valence-electron chi connectivity index (χ4n) is 2.87. The van der Waals surface area contributed by atoms with E-state index in [9.17, 15) is 0 Å². The maximum absolute atomic E-state index is 6.11. The van der Waals surface area contributed by atoms with Crippen LogP contribution in [0.15, 0.2) is 42.6 Å². The van der Waals surface area contributed by atoms with Crippen LogP contribution in [0.25, 0.3) is 10.9 Å². The number of nitrogens with one attached hydrogen (secondary N) is 1. The van der Waals surface area contributed by atoms with Crippen molar-refractivity contribution in [1.82, 2.24) is 4.98 Å². The van der Waals surface area contributed by atoms with Gasteiger partial charge in [0.05, 0.1) is 10.0 Å². The van der Waals surface area contributed by atoms with E-state index in [-0.39, 0.29) is 5.92 Å². The van der Waals surface area contributed by atoms with Gasteiger partial charge in [-0.2, -0.15) is 0 Å². The molecule has 1 atom stereocenters. The number of rotatable bonds is 4. The number of aromatic amines is 1. The zero-order valence-corrected chi connectivity index (χ0v) is 13.9. The average molecular weight is 333 g/mol. The van der Waals surface area contributed by atoms with Crippen molar-refractivity contribution in [2.75, 3.05) is 6.54 Å². The van der Waals surface area contributed by atoms with Crippen LogP contribution >= 0.6 is 23.2 Å². The van der Waals surface area contributed by atoms with Gasteiger partial charge in [-0.05, 0) is 55.3 Å². The Morgan fingerprint density at radius 2 is 1.91 bits per heavy atom. The Hall–Kier alpha value is -1.48. The van der Waals surface area contributed by atoms with E-state index in [2.05, 4.69) is 36.3 Å². The minimum Gasteiger partial charge on any atom is -0.361 e. The van der Waals surface area contributed by atoms with Gasteiger partial charge in [0.25, 0.3) is 0 Å². The lowest BCUT2D eigenvalue weighted by Crippen LogP contribution is -2.14. The zero-order chi connectivity index (χ0) is 15.7. The molecular formula is C18H18Cl2N2. The SMILES string of the molecule is Cc1ccc2[nH]cc(C(CN)Cc3ccc(Cl)c(Cl)c3)c2c1. The van der Waals surface area contributed by atoms with Crippen LogP contribution in [0, 0.1) is 6.92 Å². The van der Waals surface area contributed by atoms with Crippen molar-refractivity contribution in [3.05, 3.63) is 69.3 Å². The summed E-state index contributed by atoms with van der Waals surface area (Å²) in [5, 5.41) is 2.41. The van der Waals surface area contributed by atoms with E-state index in [1.54, 1.807) is 0 Å². The highest BCUT2D eigenvalue weighted by Crippen LogP contribution is 2.30. The van der Waals surface area contributed by atoms with Crippen LogP contribution in [0.1, 0.15) is 22.6 Å². The summed E-state index contributed by atoms with van der Waals surface area (Å²) >= 11 is 12.1. The number of benzene rings is 2. The summed E-state index contributed by atoms with van der Waals surface area (Å²) in [4.78, 5) is 3.33. The summed E-state index contributed by atoms with van der Waals surface area (Å²) in [6.07, 6.45) is 2.91. The van der Waals surface area contributed by atoms with Crippen molar-refractivity contribution < 1.29 is 0 Å². The van der Waals surface area contributed by atoms with Gasteiger partial charge >= 0.3 is 0 Å². The van der Waals surface area contributed by atoms with Crippen molar-refractivity contribution in [3.8, 4) is 0 Å². The number of hydrogen-bond donors (Lipinski definition) is 2. The minimum atomic E-state index is 0.243. The van der Waals surface area contributed by atoms with Crippen molar-refractivity contribution in [3.63, 3.8) is 0 Å². The van der Waals surface area contributed by atoms with E-state index in [4.69, 9.17) is 28.9 Å². The molecule has 22 heavy (non-hydrogen) atoms. The van der Waals surface area contributed by atoms with Gasteiger partial charge in [-0.3, -0.25) is 0 Å². The number of nitrogens with two attached hydrogens (primary N) is 1. The third-order valence-electron chi connectivity index (χ3n) is 4.06. The molecule has 2 nitrogen and oxygen atoms in total. The summed E-state index contributed by atoms with van der Waals surface area (Å²) in [5.74, 6) is 0.243. The molecule has 3 aromatic rings. The minimum absolute atomic E-state index is 0.243. The van der Waals surface area contributed by atoms with E-state index >= 15 is 0 Å². The number of hydrogen-bond acceptors (Lipinski definition) is 1. The van der Waals surface area contributed by atoms with Crippen molar-refractivity contribution in [2.45, 2.75) is 19.3 Å². The fraction of sp³-hybridized carbons (Fsp3) is 0.222. The molecule has 0 saturated carbocycles. The second-order valence-corrected chi connectivity index (χ2v) is 6.49. The van der Waals surface area contributed by atoms with Crippen LogP contribution in [0.5, 0.6) is 0 Å². The fourth-order valence-corrected chi connectivity index (χ4v) is 3.19. The molecule has 0 spiro atoms. The Morgan fingerprint density at radius 3 is 2.64 bits per heavy atom. The first-order valence-electron chi connectivity index (χ1n) is 7.30. The Bertz CT molecular complexity index is 808. The highest BCUT2D eigenvalue weighted by atomic mass is 35.5. The Kier molecular flexibility index (Phi) is 4.44. The maximum Gasteiger partial charge on any atom is 0.0595 e. The van der Waals surface area contributed by atoms with Crippen LogP contribution in [0.3, 0.4) is 0 Å². The van der Waals surface area contributed by atoms with Gasteiger partial charge in [-0.15, -0.1) is 0 Å². The summed E-state index contributed by atoms with van der Waals surface area (Å²) in [5.41, 5.74) is 10.8. The van der Waals surface area contributed by atoms with Crippen LogP contribution in [0.2, 0.25) is 10.0 Å². The topological polar surface area (TPSA) is 41.8 Å². The molecule has 1 aromatic heterocycles. The summed E-state index contributed by atoms with van der Waals surface area (Å²) in [6.45, 7) is 2.69. The van der Waals surface area contributed by atoms with Gasteiger partial charge < -0.3 is 10.7 Å². The molecule has 114 valence electrons. The lowest BCUT2D eigenvalue weighted by molar-refractivity contribution is 0.699. The Morgan fingerprint density at radius 1 is 1.09 bits per heavy atom. The molecule has 2 aromatic carbocycles. The molecule has 0 fully saturated rings. The molecule has 4 heteroatoms. The molecule has 0 aliphatic rings. The number of halogens is 2. The molecule has 0 radical (unpaired) electrons. The lowest BCUT2D eigenvalue weighted by atomic mass is 9.91. The molecule has 0 aliphatic carbocycles. The second kappa shape index (κ2) is 6.33. The largest absolute Gasteiger partial charge is 0.361 e. The number of fused-ring (bicyclic) bond motifs is 1. The molecule has 0 saturated heterocycles. The number of aryl methyl sites for hydroxylation is 1. The first-order valence-corrected chi connectivity index (χ1v) is 8.05. The van der Waals surface area contributed by atoms with E-state index in [0.717, 1.165) is 17.5 Å². The van der Waals surface area contributed by atoms with E-state index in [1.165, 1.54) is 16.5 Å². The van der Waals surface area contributed by atoms with Gasteiger partial charge in [0.1, 0.15) is 0 Å². The lowest BCUT2D eigenvalue weighted by Gasteiger charge is -2.15. The molecule has 0 bridgehead atoms. The first-order chi connectivity index (χ1) is 10.6. The number of H-pyrrole nitrogens is 1. The standard InChI is InChI=1S/C18H18Cl2N2/c1-11-2-5-18-14(6-11)15(10-22-18)13(9-21)7-12-3-4-16(19)17(20)8-12/h2-6,8,10,13,22H,7,9,21H2,1H3. The van der Waals surface area contributed by atoms with E-state index in [0.29, 0.717) is 16.6 Å². The first kappa shape index (κ1) is 15.4. The van der Waals surface area contributed by atoms with Gasteiger partial charge in [0.2, 0.25) is 0 Å². The highest BCUT2D eigenvalue weighted by molar-refractivity contribution is 6.42. The zero-order valence-electron chi connectivity index (χ0n) is 12.4.